The number of halogens is 3. The van der Waals surface area contributed by atoms with Gasteiger partial charge in [-0.1, -0.05) is 6.92 Å². The van der Waals surface area contributed by atoms with Crippen LogP contribution < -0.4 is 21.9 Å². The maximum Gasteiger partial charge on any atom is 0.416 e. The van der Waals surface area contributed by atoms with Crippen LogP contribution in [0, 0.1) is 10.1 Å². The molecule has 0 unspecified atom stereocenters. The summed E-state index contributed by atoms with van der Waals surface area (Å²) in [6, 6.07) is 2.38. The molecule has 0 atom stereocenters. The lowest BCUT2D eigenvalue weighted by molar-refractivity contribution is -0.384. The minimum atomic E-state index is -4.71. The van der Waals surface area contributed by atoms with E-state index >= 15 is 0 Å². The number of nitrogens with two attached hydrogens (primary N) is 1. The summed E-state index contributed by atoms with van der Waals surface area (Å²) in [4.78, 5) is 51.6. The Kier molecular flexibility index (Phi) is 7.33. The van der Waals surface area contributed by atoms with Crippen LogP contribution in [0.25, 0.3) is 0 Å². The Morgan fingerprint density at radius 3 is 2.34 bits per heavy atom. The van der Waals surface area contributed by atoms with Crippen LogP contribution in [0.2, 0.25) is 0 Å². The SMILES string of the molecule is CCCn1c(N)c(C(=O)CN2CCN(c3ccc(C(F)(F)F)cc3[N+](=O)[O-])CC2)c(=O)n(C)c1=O. The number of benzene rings is 1. The molecule has 0 saturated carbocycles. The van der Waals surface area contributed by atoms with Gasteiger partial charge in [0.25, 0.3) is 11.2 Å². The quantitative estimate of drug-likeness (QED) is 0.344. The summed E-state index contributed by atoms with van der Waals surface area (Å²) in [5, 5.41) is 11.4. The third-order valence-electron chi connectivity index (χ3n) is 5.89. The molecule has 0 radical (unpaired) electrons. The molecular weight excluding hydrogens is 473 g/mol. The highest BCUT2D eigenvalue weighted by Gasteiger charge is 2.34. The van der Waals surface area contributed by atoms with Crippen molar-refractivity contribution >= 4 is 23.0 Å². The van der Waals surface area contributed by atoms with Gasteiger partial charge < -0.3 is 10.6 Å². The number of hydrogen-bond donors (Lipinski definition) is 1. The van der Waals surface area contributed by atoms with E-state index in [1.807, 2.05) is 6.92 Å². The van der Waals surface area contributed by atoms with E-state index in [1.54, 1.807) is 9.80 Å². The van der Waals surface area contributed by atoms with Crippen molar-refractivity contribution in [3.05, 3.63) is 60.3 Å². The van der Waals surface area contributed by atoms with E-state index in [-0.39, 0.29) is 56.3 Å². The second-order valence-electron chi connectivity index (χ2n) is 8.20. The van der Waals surface area contributed by atoms with E-state index < -0.39 is 39.4 Å². The molecule has 2 heterocycles. The summed E-state index contributed by atoms with van der Waals surface area (Å²) < 4.78 is 40.9. The first kappa shape index (κ1) is 25.9. The Bertz CT molecular complexity index is 1260. The van der Waals surface area contributed by atoms with Crippen molar-refractivity contribution in [2.24, 2.45) is 7.05 Å². The van der Waals surface area contributed by atoms with Crippen LogP contribution in [-0.4, -0.2) is 57.5 Å². The molecule has 1 aromatic carbocycles. The van der Waals surface area contributed by atoms with Gasteiger partial charge >= 0.3 is 11.9 Å². The van der Waals surface area contributed by atoms with Gasteiger partial charge in [-0.05, 0) is 18.6 Å². The van der Waals surface area contributed by atoms with Gasteiger partial charge in [-0.15, -0.1) is 0 Å². The fourth-order valence-electron chi connectivity index (χ4n) is 4.03. The Hall–Kier alpha value is -3.68. The maximum absolute atomic E-state index is 13.0. The Morgan fingerprint density at radius 2 is 1.80 bits per heavy atom. The van der Waals surface area contributed by atoms with Gasteiger partial charge in [0.2, 0.25) is 0 Å². The molecule has 0 bridgehead atoms. The van der Waals surface area contributed by atoms with Crippen molar-refractivity contribution in [3.8, 4) is 0 Å². The van der Waals surface area contributed by atoms with Crippen molar-refractivity contribution < 1.29 is 22.9 Å². The van der Waals surface area contributed by atoms with Gasteiger partial charge in [0, 0.05) is 45.8 Å². The van der Waals surface area contributed by atoms with Crippen LogP contribution in [0.5, 0.6) is 0 Å². The zero-order chi connectivity index (χ0) is 26.1. The number of nitro benzene ring substituents is 1. The number of carbonyl (C=O) groups excluding carboxylic acids is 1. The third kappa shape index (κ3) is 5.21. The predicted molar refractivity (Wildman–Crippen MR) is 122 cm³/mol. The number of nitro groups is 1. The molecule has 1 saturated heterocycles. The molecule has 3 rings (SSSR count). The summed E-state index contributed by atoms with van der Waals surface area (Å²) in [6.45, 7) is 2.83. The number of rotatable bonds is 7. The van der Waals surface area contributed by atoms with Gasteiger partial charge in [0.05, 0.1) is 17.0 Å². The third-order valence-corrected chi connectivity index (χ3v) is 5.89. The highest BCUT2D eigenvalue weighted by atomic mass is 19.4. The van der Waals surface area contributed by atoms with Crippen molar-refractivity contribution in [1.29, 1.82) is 0 Å². The van der Waals surface area contributed by atoms with Crippen molar-refractivity contribution in [1.82, 2.24) is 14.0 Å². The van der Waals surface area contributed by atoms with E-state index in [1.165, 1.54) is 11.6 Å². The Labute approximate surface area is 197 Å². The Morgan fingerprint density at radius 1 is 1.17 bits per heavy atom. The van der Waals surface area contributed by atoms with Gasteiger partial charge in [-0.3, -0.25) is 33.7 Å². The summed E-state index contributed by atoms with van der Waals surface area (Å²) in [5.74, 6) is -0.758. The number of Topliss-reactive ketones (excluding diaryl/α,β-unsaturated/α-hetero) is 1. The van der Waals surface area contributed by atoms with Gasteiger partial charge in [-0.25, -0.2) is 4.79 Å². The summed E-state index contributed by atoms with van der Waals surface area (Å²) >= 11 is 0. The van der Waals surface area contributed by atoms with E-state index in [0.717, 1.165) is 16.7 Å². The van der Waals surface area contributed by atoms with Gasteiger partial charge in [0.15, 0.2) is 5.78 Å². The zero-order valence-electron chi connectivity index (χ0n) is 19.2. The second-order valence-corrected chi connectivity index (χ2v) is 8.20. The Balaban J connectivity index is 1.77. The molecule has 0 amide bonds. The number of ketones is 1. The van der Waals surface area contributed by atoms with Gasteiger partial charge in [-0.2, -0.15) is 13.2 Å². The normalized spacial score (nSPS) is 14.8. The lowest BCUT2D eigenvalue weighted by atomic mass is 10.1. The lowest BCUT2D eigenvalue weighted by Crippen LogP contribution is -2.49. The zero-order valence-corrected chi connectivity index (χ0v) is 19.2. The van der Waals surface area contributed by atoms with E-state index in [4.69, 9.17) is 5.73 Å². The minimum Gasteiger partial charge on any atom is -0.384 e. The smallest absolute Gasteiger partial charge is 0.384 e. The lowest BCUT2D eigenvalue weighted by Gasteiger charge is -2.35. The molecule has 0 aliphatic carbocycles. The molecule has 11 nitrogen and oxygen atoms in total. The highest BCUT2D eigenvalue weighted by molar-refractivity contribution is 6.01. The van der Waals surface area contributed by atoms with Crippen LogP contribution in [0.1, 0.15) is 29.3 Å². The molecule has 14 heteroatoms. The molecule has 1 aromatic heterocycles. The maximum atomic E-state index is 13.0. The molecule has 1 aliphatic rings. The van der Waals surface area contributed by atoms with Crippen molar-refractivity contribution in [2.45, 2.75) is 26.1 Å². The van der Waals surface area contributed by atoms with Crippen LogP contribution in [0.15, 0.2) is 27.8 Å². The number of nitrogen functional groups attached to an aromatic ring is 1. The number of piperazine rings is 1. The number of alkyl halides is 3. The topological polar surface area (TPSA) is 137 Å². The molecule has 2 N–H and O–H groups in total. The largest absolute Gasteiger partial charge is 0.416 e. The number of aromatic nitrogens is 2. The van der Waals surface area contributed by atoms with Crippen LogP contribution >= 0.6 is 0 Å². The second kappa shape index (κ2) is 9.90. The first-order chi connectivity index (χ1) is 16.4. The van der Waals surface area contributed by atoms with Crippen molar-refractivity contribution in [2.75, 3.05) is 43.4 Å². The molecule has 0 spiro atoms. The molecule has 2 aromatic rings. The molecule has 1 fully saturated rings. The average molecular weight is 498 g/mol. The molecule has 35 heavy (non-hydrogen) atoms. The van der Waals surface area contributed by atoms with Crippen LogP contribution in [0.3, 0.4) is 0 Å². The van der Waals surface area contributed by atoms with E-state index in [0.29, 0.717) is 12.5 Å². The monoisotopic (exact) mass is 498 g/mol. The van der Waals surface area contributed by atoms with Crippen LogP contribution in [0.4, 0.5) is 30.4 Å². The highest BCUT2D eigenvalue weighted by Crippen LogP contribution is 2.36. The molecule has 190 valence electrons. The standard InChI is InChI=1S/C21H25F3N6O5/c1-3-6-29-18(25)17(19(32)26(2)20(29)33)16(31)12-27-7-9-28(10-8-27)14-5-4-13(21(22,23)24)11-15(14)30(34)35/h4-5,11H,3,6-10,12,25H2,1-2H3. The first-order valence-electron chi connectivity index (χ1n) is 10.8. The number of carbonyl (C=O) groups is 1. The average Bonchev–Trinajstić information content (AvgIpc) is 2.80. The fourth-order valence-corrected chi connectivity index (χ4v) is 4.03. The number of nitrogens with zero attached hydrogens (tertiary/aromatic N) is 5. The predicted octanol–water partition coefficient (Wildman–Crippen LogP) is 1.47. The van der Waals surface area contributed by atoms with E-state index in [2.05, 4.69) is 0 Å². The van der Waals surface area contributed by atoms with Crippen molar-refractivity contribution in [3.63, 3.8) is 0 Å². The first-order valence-corrected chi connectivity index (χ1v) is 10.8. The summed E-state index contributed by atoms with van der Waals surface area (Å²) in [7, 11) is 1.27. The summed E-state index contributed by atoms with van der Waals surface area (Å²) in [6.07, 6.45) is -4.14. The fraction of sp³-hybridized carbons (Fsp3) is 0.476. The minimum absolute atomic E-state index is 0.0544. The van der Waals surface area contributed by atoms with Gasteiger partial charge in [0.1, 0.15) is 17.1 Å². The molecular formula is C21H25F3N6O5. The number of anilines is 2. The summed E-state index contributed by atoms with van der Waals surface area (Å²) in [5.41, 5.74) is 2.60. The number of hydrogen-bond acceptors (Lipinski definition) is 8. The van der Waals surface area contributed by atoms with E-state index in [9.17, 15) is 37.7 Å². The van der Waals surface area contributed by atoms with Crippen LogP contribution in [-0.2, 0) is 19.8 Å². The molecule has 1 aliphatic heterocycles.